The fraction of sp³-hybridized carbons (Fsp3) is 0.600. The highest BCUT2D eigenvalue weighted by molar-refractivity contribution is 9.39. The van der Waals surface area contributed by atoms with Crippen LogP contribution < -0.4 is 0 Å². The van der Waals surface area contributed by atoms with E-state index in [2.05, 4.69) is 27.3 Å². The highest BCUT2D eigenvalue weighted by atomic mass is 79.9. The van der Waals surface area contributed by atoms with Crippen LogP contribution in [0.5, 0.6) is 0 Å². The molecule has 0 fully saturated rings. The van der Waals surface area contributed by atoms with Gasteiger partial charge in [-0.1, -0.05) is 11.8 Å². The molecule has 0 rings (SSSR count). The summed E-state index contributed by atoms with van der Waals surface area (Å²) in [5.41, 5.74) is -1.96. The lowest BCUT2D eigenvalue weighted by Crippen LogP contribution is -2.24. The molecule has 0 aromatic rings. The van der Waals surface area contributed by atoms with E-state index in [0.717, 1.165) is 0 Å². The minimum atomic E-state index is -3.44. The first-order valence-electron chi connectivity index (χ1n) is 4.20. The van der Waals surface area contributed by atoms with Crippen LogP contribution in [0.4, 0.5) is 0 Å². The van der Waals surface area contributed by atoms with Gasteiger partial charge in [0.2, 0.25) is 0 Å². The lowest BCUT2D eigenvalue weighted by atomic mass is 10.2. The molecule has 0 atom stereocenters. The summed E-state index contributed by atoms with van der Waals surface area (Å²) in [5, 5.41) is 0. The van der Waals surface area contributed by atoms with Crippen LogP contribution in [0.3, 0.4) is 0 Å². The molecule has 3 nitrogen and oxygen atoms in total. The summed E-state index contributed by atoms with van der Waals surface area (Å²) in [4.78, 5) is 0. The van der Waals surface area contributed by atoms with Crippen LogP contribution in [0, 0.1) is 24.7 Å². The Kier molecular flexibility index (Phi) is 4.65. The third-order valence-corrected chi connectivity index (χ3v) is 3.59. The number of rotatable bonds is 4. The Morgan fingerprint density at radius 2 is 1.33 bits per heavy atom. The summed E-state index contributed by atoms with van der Waals surface area (Å²) >= 11 is 2.86. The second-order valence-electron chi connectivity index (χ2n) is 3.92. The molecule has 0 aromatic heterocycles. The summed E-state index contributed by atoms with van der Waals surface area (Å²) in [6.45, 7) is 6.42. The predicted octanol–water partition coefficient (Wildman–Crippen LogP) is 3.35. The van der Waals surface area contributed by atoms with E-state index in [9.17, 15) is 4.57 Å². The zero-order valence-corrected chi connectivity index (χ0v) is 11.7. The average molecular weight is 293 g/mol. The third kappa shape index (κ3) is 6.03. The van der Waals surface area contributed by atoms with E-state index in [1.54, 1.807) is 27.7 Å². The maximum Gasteiger partial charge on any atom is 0.399 e. The smallest absolute Gasteiger partial charge is 0.281 e. The molecule has 0 radical (unpaired) electrons. The van der Waals surface area contributed by atoms with Crippen molar-refractivity contribution in [3.8, 4) is 24.7 Å². The van der Waals surface area contributed by atoms with Crippen LogP contribution in [0.1, 0.15) is 27.7 Å². The maximum absolute atomic E-state index is 11.8. The van der Waals surface area contributed by atoms with Crippen LogP contribution in [0.2, 0.25) is 0 Å². The second-order valence-corrected chi connectivity index (χ2v) is 7.75. The van der Waals surface area contributed by atoms with Crippen molar-refractivity contribution >= 4 is 21.8 Å². The van der Waals surface area contributed by atoms with Gasteiger partial charge in [0.05, 0.1) is 0 Å². The van der Waals surface area contributed by atoms with Gasteiger partial charge in [0.15, 0.2) is 0 Å². The Hall–Kier alpha value is -0.250. The van der Waals surface area contributed by atoms with Crippen LogP contribution in [-0.2, 0) is 13.6 Å². The van der Waals surface area contributed by atoms with Crippen molar-refractivity contribution in [1.29, 1.82) is 0 Å². The molecular weight excluding hydrogens is 279 g/mol. The fourth-order valence-corrected chi connectivity index (χ4v) is 4.02. The molecule has 0 unspecified atom stereocenters. The lowest BCUT2D eigenvalue weighted by molar-refractivity contribution is 0.0959. The lowest BCUT2D eigenvalue weighted by Gasteiger charge is -2.27. The quantitative estimate of drug-likeness (QED) is 0.589. The summed E-state index contributed by atoms with van der Waals surface area (Å²) in [7, 11) is 0. The molecule has 0 aliphatic carbocycles. The minimum absolute atomic E-state index is 0.982. The van der Waals surface area contributed by atoms with Gasteiger partial charge in [-0.3, -0.25) is 9.05 Å². The van der Waals surface area contributed by atoms with Gasteiger partial charge in [0.25, 0.3) is 0 Å². The molecule has 5 heteroatoms. The summed E-state index contributed by atoms with van der Waals surface area (Å²) in [6, 6.07) is 0. The largest absolute Gasteiger partial charge is 0.399 e. The van der Waals surface area contributed by atoms with Gasteiger partial charge < -0.3 is 0 Å². The summed E-state index contributed by atoms with van der Waals surface area (Å²) in [6.07, 6.45) is 6.95. The van der Waals surface area contributed by atoms with E-state index in [-0.39, 0.29) is 0 Å². The number of hydrogen-bond donors (Lipinski definition) is 0. The Morgan fingerprint density at radius 3 is 1.53 bits per heavy atom. The van der Waals surface area contributed by atoms with E-state index in [4.69, 9.17) is 21.9 Å². The summed E-state index contributed by atoms with van der Waals surface area (Å²) in [5.74, 6) is 4.69. The van der Waals surface area contributed by atoms with Crippen molar-refractivity contribution in [3.63, 3.8) is 0 Å². The number of terminal acetylenes is 2. The van der Waals surface area contributed by atoms with Gasteiger partial charge in [0, 0.05) is 15.5 Å². The Labute approximate surface area is 99.2 Å². The van der Waals surface area contributed by atoms with Crippen molar-refractivity contribution in [1.82, 2.24) is 0 Å². The van der Waals surface area contributed by atoms with Crippen molar-refractivity contribution in [2.45, 2.75) is 38.9 Å². The van der Waals surface area contributed by atoms with Crippen molar-refractivity contribution < 1.29 is 13.6 Å². The molecule has 0 saturated carbocycles. The van der Waals surface area contributed by atoms with E-state index in [0.29, 0.717) is 0 Å². The van der Waals surface area contributed by atoms with Gasteiger partial charge in [-0.15, -0.1) is 12.8 Å². The van der Waals surface area contributed by atoms with Crippen LogP contribution in [0.15, 0.2) is 0 Å². The average Bonchev–Trinajstić information content (AvgIpc) is 2.00. The molecule has 0 N–H and O–H groups in total. The van der Waals surface area contributed by atoms with E-state index >= 15 is 0 Å². The monoisotopic (exact) mass is 292 g/mol. The summed E-state index contributed by atoms with van der Waals surface area (Å²) < 4.78 is 22.1. The molecule has 0 amide bonds. The Balaban J connectivity index is 4.70. The van der Waals surface area contributed by atoms with Crippen LogP contribution in [-0.4, -0.2) is 11.2 Å². The number of halogens is 1. The van der Waals surface area contributed by atoms with Crippen LogP contribution >= 0.6 is 21.8 Å². The van der Waals surface area contributed by atoms with Crippen LogP contribution in [0.25, 0.3) is 0 Å². The first kappa shape index (κ1) is 14.8. The molecule has 0 spiro atoms. The zero-order chi connectivity index (χ0) is 12.3. The highest BCUT2D eigenvalue weighted by Gasteiger charge is 2.34. The SMILES string of the molecule is C#CC(C)(C)OP(=O)(Br)OC(C)(C)C#C. The number of hydrogen-bond acceptors (Lipinski definition) is 3. The molecule has 0 saturated heterocycles. The first-order valence-corrected chi connectivity index (χ1v) is 7.76. The fourth-order valence-electron chi connectivity index (χ4n) is 0.617. The van der Waals surface area contributed by atoms with E-state index in [1.165, 1.54) is 0 Å². The molecular formula is C10H14BrO3P. The molecule has 15 heavy (non-hydrogen) atoms. The molecule has 0 bridgehead atoms. The first-order chi connectivity index (χ1) is 6.54. The molecule has 0 heterocycles. The highest BCUT2D eigenvalue weighted by Crippen LogP contribution is 2.60. The molecule has 0 aliphatic rings. The van der Waals surface area contributed by atoms with Gasteiger partial charge >= 0.3 is 6.30 Å². The van der Waals surface area contributed by atoms with Gasteiger partial charge in [0.1, 0.15) is 11.2 Å². The molecule has 84 valence electrons. The Morgan fingerprint density at radius 1 is 1.07 bits per heavy atom. The minimum Gasteiger partial charge on any atom is -0.281 e. The normalized spacial score (nSPS) is 13.0. The Bertz CT molecular complexity index is 328. The predicted molar refractivity (Wildman–Crippen MR) is 64.5 cm³/mol. The van der Waals surface area contributed by atoms with Gasteiger partial charge in [-0.25, -0.2) is 4.57 Å². The van der Waals surface area contributed by atoms with Crippen molar-refractivity contribution in [2.75, 3.05) is 0 Å². The van der Waals surface area contributed by atoms with Gasteiger partial charge in [-0.2, -0.15) is 0 Å². The maximum atomic E-state index is 11.8. The van der Waals surface area contributed by atoms with Crippen molar-refractivity contribution in [2.24, 2.45) is 0 Å². The van der Waals surface area contributed by atoms with E-state index < -0.39 is 17.5 Å². The second kappa shape index (κ2) is 4.73. The third-order valence-electron chi connectivity index (χ3n) is 1.37. The molecule has 0 aromatic carbocycles. The van der Waals surface area contributed by atoms with Gasteiger partial charge in [-0.05, 0) is 27.7 Å². The zero-order valence-electron chi connectivity index (χ0n) is 9.20. The van der Waals surface area contributed by atoms with E-state index in [1.807, 2.05) is 0 Å². The van der Waals surface area contributed by atoms with Crippen molar-refractivity contribution in [3.05, 3.63) is 0 Å². The standard InChI is InChI=1S/C10H14BrO3P/c1-7-9(3,4)13-15(11,12)14-10(5,6)8-2/h1-2H,3-6H3. The topological polar surface area (TPSA) is 35.5 Å². The molecule has 0 aliphatic heterocycles.